The van der Waals surface area contributed by atoms with Gasteiger partial charge in [0.25, 0.3) is 0 Å². The number of hydrogen-bond acceptors (Lipinski definition) is 3. The molecule has 0 spiro atoms. The summed E-state index contributed by atoms with van der Waals surface area (Å²) >= 11 is 0. The molecule has 0 aromatic rings. The van der Waals surface area contributed by atoms with E-state index in [-0.39, 0.29) is 5.97 Å². The molecule has 2 aliphatic carbocycles. The molecule has 0 bridgehead atoms. The van der Waals surface area contributed by atoms with Crippen molar-refractivity contribution in [3.05, 3.63) is 23.8 Å². The summed E-state index contributed by atoms with van der Waals surface area (Å²) in [6.45, 7) is 14.3. The maximum absolute atomic E-state index is 12.1. The van der Waals surface area contributed by atoms with Gasteiger partial charge < -0.3 is 9.47 Å². The number of esters is 1. The minimum absolute atomic E-state index is 0.203. The van der Waals surface area contributed by atoms with E-state index in [0.29, 0.717) is 29.8 Å². The van der Waals surface area contributed by atoms with Gasteiger partial charge in [-0.15, -0.1) is 0 Å². The van der Waals surface area contributed by atoms with Crippen molar-refractivity contribution in [1.29, 1.82) is 0 Å². The highest BCUT2D eigenvalue weighted by atomic mass is 16.7. The Morgan fingerprint density at radius 2 is 2.08 bits per heavy atom. The van der Waals surface area contributed by atoms with Crippen LogP contribution in [0.3, 0.4) is 0 Å². The third-order valence-electron chi connectivity index (χ3n) is 7.16. The number of ether oxygens (including phenoxy) is 2. The maximum atomic E-state index is 12.1. The van der Waals surface area contributed by atoms with Gasteiger partial charge in [-0.25, -0.2) is 4.79 Å². The van der Waals surface area contributed by atoms with Crippen LogP contribution in [0, 0.1) is 22.7 Å². The van der Waals surface area contributed by atoms with E-state index in [2.05, 4.69) is 33.4 Å². The molecule has 3 fully saturated rings. The average molecular weight is 347 g/mol. The zero-order valence-electron chi connectivity index (χ0n) is 16.4. The third-order valence-corrected chi connectivity index (χ3v) is 7.16. The highest BCUT2D eigenvalue weighted by molar-refractivity contribution is 5.90. The average Bonchev–Trinajstić information content (AvgIpc) is 2.86. The molecule has 3 nitrogen and oxygen atoms in total. The first kappa shape index (κ1) is 18.7. The Hall–Kier alpha value is -1.09. The first-order valence-electron chi connectivity index (χ1n) is 9.97. The van der Waals surface area contributed by atoms with Gasteiger partial charge in [0.1, 0.15) is 0 Å². The number of fused-ring (bicyclic) bond motifs is 1. The van der Waals surface area contributed by atoms with E-state index in [4.69, 9.17) is 9.47 Å². The van der Waals surface area contributed by atoms with Crippen LogP contribution < -0.4 is 0 Å². The van der Waals surface area contributed by atoms with E-state index in [1.165, 1.54) is 31.3 Å². The molecule has 1 unspecified atom stereocenters. The Balaban J connectivity index is 1.77. The number of rotatable bonds is 4. The molecule has 0 amide bonds. The number of hydrogen-bond donors (Lipinski definition) is 0. The van der Waals surface area contributed by atoms with Crippen molar-refractivity contribution >= 4 is 5.97 Å². The molecule has 4 atom stereocenters. The fourth-order valence-electron chi connectivity index (χ4n) is 5.91. The Kier molecular flexibility index (Phi) is 5.16. The minimum Gasteiger partial charge on any atom is -0.432 e. The van der Waals surface area contributed by atoms with Gasteiger partial charge in [0.2, 0.25) is 6.29 Å². The molecule has 1 saturated heterocycles. The van der Waals surface area contributed by atoms with Gasteiger partial charge in [-0.2, -0.15) is 0 Å². The third kappa shape index (κ3) is 3.45. The van der Waals surface area contributed by atoms with Crippen molar-refractivity contribution in [2.24, 2.45) is 22.7 Å². The van der Waals surface area contributed by atoms with E-state index in [1.54, 1.807) is 0 Å². The van der Waals surface area contributed by atoms with Crippen LogP contribution in [0.1, 0.15) is 72.6 Å². The topological polar surface area (TPSA) is 35.5 Å². The molecule has 140 valence electrons. The summed E-state index contributed by atoms with van der Waals surface area (Å²) in [6.07, 6.45) is 9.52. The standard InChI is InChI=1S/C22H34O3/c1-6-24-19-14-16(20(23)25-19)9-10-17-15(2)8-11-18-21(3,4)12-7-13-22(17,18)5/h9,17-19H,2,6-8,10-14H2,1,3-5H3/t17-,18-,19?,22+/m0/s1. The second kappa shape index (κ2) is 6.90. The smallest absolute Gasteiger partial charge is 0.336 e. The summed E-state index contributed by atoms with van der Waals surface area (Å²) in [5, 5.41) is 0. The van der Waals surface area contributed by atoms with Crippen molar-refractivity contribution in [3.63, 3.8) is 0 Å². The normalized spacial score (nSPS) is 39.4. The molecule has 25 heavy (non-hydrogen) atoms. The van der Waals surface area contributed by atoms with Gasteiger partial charge in [0, 0.05) is 18.6 Å². The van der Waals surface area contributed by atoms with Gasteiger partial charge in [-0.1, -0.05) is 45.4 Å². The monoisotopic (exact) mass is 346 g/mol. The van der Waals surface area contributed by atoms with E-state index in [1.807, 2.05) is 6.92 Å². The molecule has 3 heteroatoms. The SMILES string of the molecule is C=C1CC[C@H]2C(C)(C)CCC[C@]2(C)[C@H]1CC=C1CC(OCC)OC1=O. The number of carbonyl (C=O) groups is 1. The molecule has 0 aromatic carbocycles. The van der Waals surface area contributed by atoms with Crippen molar-refractivity contribution in [2.75, 3.05) is 6.61 Å². The molecule has 2 saturated carbocycles. The minimum atomic E-state index is -0.393. The Morgan fingerprint density at radius 3 is 2.80 bits per heavy atom. The fourth-order valence-corrected chi connectivity index (χ4v) is 5.91. The lowest BCUT2D eigenvalue weighted by atomic mass is 9.47. The summed E-state index contributed by atoms with van der Waals surface area (Å²) < 4.78 is 10.7. The van der Waals surface area contributed by atoms with Crippen LogP contribution in [-0.2, 0) is 14.3 Å². The van der Waals surface area contributed by atoms with Crippen LogP contribution in [0.4, 0.5) is 0 Å². The predicted molar refractivity (Wildman–Crippen MR) is 99.9 cm³/mol. The van der Waals surface area contributed by atoms with Gasteiger partial charge in [0.05, 0.1) is 0 Å². The molecular formula is C22H34O3. The molecule has 3 aliphatic rings. The number of allylic oxidation sites excluding steroid dienone is 2. The summed E-state index contributed by atoms with van der Waals surface area (Å²) in [6, 6.07) is 0. The molecule has 0 radical (unpaired) electrons. The lowest BCUT2D eigenvalue weighted by molar-refractivity contribution is -0.160. The second-order valence-electron chi connectivity index (χ2n) is 9.11. The fraction of sp³-hybridized carbons (Fsp3) is 0.773. The highest BCUT2D eigenvalue weighted by Crippen LogP contribution is 2.61. The van der Waals surface area contributed by atoms with E-state index >= 15 is 0 Å². The summed E-state index contributed by atoms with van der Waals surface area (Å²) in [4.78, 5) is 12.1. The summed E-state index contributed by atoms with van der Waals surface area (Å²) in [5.41, 5.74) is 2.87. The van der Waals surface area contributed by atoms with E-state index < -0.39 is 6.29 Å². The first-order chi connectivity index (χ1) is 11.8. The maximum Gasteiger partial charge on any atom is 0.336 e. The van der Waals surface area contributed by atoms with Crippen molar-refractivity contribution in [3.8, 4) is 0 Å². The van der Waals surface area contributed by atoms with Crippen LogP contribution >= 0.6 is 0 Å². The first-order valence-corrected chi connectivity index (χ1v) is 9.97. The van der Waals surface area contributed by atoms with Gasteiger partial charge in [0.15, 0.2) is 0 Å². The van der Waals surface area contributed by atoms with Crippen LogP contribution in [0.2, 0.25) is 0 Å². The molecule has 1 heterocycles. The predicted octanol–water partition coefficient (Wildman–Crippen LogP) is 5.41. The lowest BCUT2D eigenvalue weighted by Gasteiger charge is -2.58. The van der Waals surface area contributed by atoms with Crippen LogP contribution in [0.15, 0.2) is 23.8 Å². The number of cyclic esters (lactones) is 1. The van der Waals surface area contributed by atoms with Crippen molar-refractivity contribution in [1.82, 2.24) is 0 Å². The molecule has 1 aliphatic heterocycles. The summed E-state index contributed by atoms with van der Waals surface area (Å²) in [5.74, 6) is 1.01. The Labute approximate surface area is 152 Å². The Morgan fingerprint density at radius 1 is 1.32 bits per heavy atom. The second-order valence-corrected chi connectivity index (χ2v) is 9.11. The lowest BCUT2D eigenvalue weighted by Crippen LogP contribution is -2.49. The zero-order chi connectivity index (χ0) is 18.2. The van der Waals surface area contributed by atoms with Gasteiger partial charge in [-0.05, 0) is 61.7 Å². The molecule has 3 rings (SSSR count). The van der Waals surface area contributed by atoms with Crippen molar-refractivity contribution < 1.29 is 14.3 Å². The molecule has 0 N–H and O–H groups in total. The van der Waals surface area contributed by atoms with E-state index in [9.17, 15) is 4.79 Å². The van der Waals surface area contributed by atoms with Crippen LogP contribution in [-0.4, -0.2) is 18.9 Å². The van der Waals surface area contributed by atoms with Gasteiger partial charge in [-0.3, -0.25) is 0 Å². The van der Waals surface area contributed by atoms with Crippen LogP contribution in [0.5, 0.6) is 0 Å². The van der Waals surface area contributed by atoms with Crippen LogP contribution in [0.25, 0.3) is 0 Å². The number of carbonyl (C=O) groups excluding carboxylic acids is 1. The van der Waals surface area contributed by atoms with E-state index in [0.717, 1.165) is 24.3 Å². The molecule has 0 aromatic heterocycles. The zero-order valence-corrected chi connectivity index (χ0v) is 16.4. The largest absolute Gasteiger partial charge is 0.432 e. The quantitative estimate of drug-likeness (QED) is 0.388. The van der Waals surface area contributed by atoms with Crippen molar-refractivity contribution in [2.45, 2.75) is 78.9 Å². The van der Waals surface area contributed by atoms with Gasteiger partial charge >= 0.3 is 5.97 Å². The molecular weight excluding hydrogens is 312 g/mol. The highest BCUT2D eigenvalue weighted by Gasteiger charge is 2.52. The summed E-state index contributed by atoms with van der Waals surface area (Å²) in [7, 11) is 0. The Bertz CT molecular complexity index is 574.